The SMILES string of the molecule is CCNC(=O)C1COCCN1C(=O)c1cc(N)cc(F)c1. The number of rotatable bonds is 3. The Morgan fingerprint density at radius 1 is 1.48 bits per heavy atom. The number of carbonyl (C=O) groups excluding carboxylic acids is 2. The fourth-order valence-electron chi connectivity index (χ4n) is 2.26. The van der Waals surface area contributed by atoms with Crippen LogP contribution in [0.25, 0.3) is 0 Å². The van der Waals surface area contributed by atoms with Crippen LogP contribution in [0.1, 0.15) is 17.3 Å². The number of anilines is 1. The van der Waals surface area contributed by atoms with Gasteiger partial charge in [0, 0.05) is 24.3 Å². The van der Waals surface area contributed by atoms with Crippen LogP contribution in [0.5, 0.6) is 0 Å². The first-order valence-electron chi connectivity index (χ1n) is 6.75. The van der Waals surface area contributed by atoms with E-state index in [2.05, 4.69) is 5.32 Å². The largest absolute Gasteiger partial charge is 0.399 e. The number of amides is 2. The van der Waals surface area contributed by atoms with Crippen LogP contribution in [0.3, 0.4) is 0 Å². The van der Waals surface area contributed by atoms with Gasteiger partial charge in [0.1, 0.15) is 11.9 Å². The van der Waals surface area contributed by atoms with E-state index in [1.54, 1.807) is 6.92 Å². The van der Waals surface area contributed by atoms with Crippen LogP contribution in [0.15, 0.2) is 18.2 Å². The van der Waals surface area contributed by atoms with Crippen molar-refractivity contribution in [3.05, 3.63) is 29.6 Å². The maximum absolute atomic E-state index is 13.4. The van der Waals surface area contributed by atoms with Gasteiger partial charge in [-0.05, 0) is 25.1 Å². The first kappa shape index (κ1) is 15.2. The number of likely N-dealkylation sites (N-methyl/N-ethyl adjacent to an activating group) is 1. The Bertz CT molecular complexity index is 530. The molecule has 0 spiro atoms. The molecule has 1 aliphatic rings. The van der Waals surface area contributed by atoms with Crippen molar-refractivity contribution >= 4 is 17.5 Å². The van der Waals surface area contributed by atoms with Crippen molar-refractivity contribution in [1.82, 2.24) is 10.2 Å². The van der Waals surface area contributed by atoms with E-state index in [-0.39, 0.29) is 30.3 Å². The van der Waals surface area contributed by atoms with Crippen LogP contribution in [0.2, 0.25) is 0 Å². The molecular formula is C14H18FN3O3. The molecule has 1 fully saturated rings. The number of nitrogen functional groups attached to an aromatic ring is 1. The zero-order chi connectivity index (χ0) is 15.4. The molecule has 1 heterocycles. The summed E-state index contributed by atoms with van der Waals surface area (Å²) in [6.45, 7) is 3.00. The van der Waals surface area contributed by atoms with Gasteiger partial charge in [-0.25, -0.2) is 4.39 Å². The van der Waals surface area contributed by atoms with E-state index in [0.717, 1.165) is 12.1 Å². The average Bonchev–Trinajstić information content (AvgIpc) is 2.45. The fraction of sp³-hybridized carbons (Fsp3) is 0.429. The molecule has 0 bridgehead atoms. The Balaban J connectivity index is 2.24. The monoisotopic (exact) mass is 295 g/mol. The lowest BCUT2D eigenvalue weighted by atomic mass is 10.1. The molecule has 1 atom stereocenters. The number of hydrogen-bond donors (Lipinski definition) is 2. The van der Waals surface area contributed by atoms with Gasteiger partial charge in [-0.1, -0.05) is 0 Å². The summed E-state index contributed by atoms with van der Waals surface area (Å²) in [7, 11) is 0. The number of nitrogens with zero attached hydrogens (tertiary/aromatic N) is 1. The summed E-state index contributed by atoms with van der Waals surface area (Å²) in [6.07, 6.45) is 0. The minimum Gasteiger partial charge on any atom is -0.399 e. The predicted molar refractivity (Wildman–Crippen MR) is 75.1 cm³/mol. The van der Waals surface area contributed by atoms with Crippen molar-refractivity contribution in [1.29, 1.82) is 0 Å². The second-order valence-electron chi connectivity index (χ2n) is 4.76. The molecule has 114 valence electrons. The van der Waals surface area contributed by atoms with E-state index >= 15 is 0 Å². The van der Waals surface area contributed by atoms with Crippen LogP contribution < -0.4 is 11.1 Å². The van der Waals surface area contributed by atoms with Crippen LogP contribution in [-0.2, 0) is 9.53 Å². The normalized spacial score (nSPS) is 18.4. The molecule has 21 heavy (non-hydrogen) atoms. The molecule has 0 radical (unpaired) electrons. The van der Waals surface area contributed by atoms with Crippen molar-refractivity contribution in [3.63, 3.8) is 0 Å². The highest BCUT2D eigenvalue weighted by Gasteiger charge is 2.33. The van der Waals surface area contributed by atoms with Gasteiger partial charge in [0.15, 0.2) is 0 Å². The third-order valence-corrected chi connectivity index (χ3v) is 3.21. The van der Waals surface area contributed by atoms with Gasteiger partial charge in [-0.2, -0.15) is 0 Å². The predicted octanol–water partition coefficient (Wildman–Crippen LogP) is 0.385. The van der Waals surface area contributed by atoms with E-state index in [1.165, 1.54) is 11.0 Å². The summed E-state index contributed by atoms with van der Waals surface area (Å²) in [5, 5.41) is 2.66. The van der Waals surface area contributed by atoms with Crippen molar-refractivity contribution in [3.8, 4) is 0 Å². The highest BCUT2D eigenvalue weighted by molar-refractivity contribution is 5.98. The third kappa shape index (κ3) is 3.49. The number of carbonyl (C=O) groups is 2. The molecule has 1 aromatic carbocycles. The molecule has 3 N–H and O–H groups in total. The zero-order valence-corrected chi connectivity index (χ0v) is 11.8. The number of halogens is 1. The van der Waals surface area contributed by atoms with Crippen LogP contribution >= 0.6 is 0 Å². The molecule has 0 aromatic heterocycles. The molecule has 1 unspecified atom stereocenters. The molecule has 0 saturated carbocycles. The summed E-state index contributed by atoms with van der Waals surface area (Å²) in [5.41, 5.74) is 5.85. The van der Waals surface area contributed by atoms with Gasteiger partial charge in [0.05, 0.1) is 13.2 Å². The Hall–Kier alpha value is -2.15. The van der Waals surface area contributed by atoms with Crippen molar-refractivity contribution in [2.75, 3.05) is 32.0 Å². The first-order chi connectivity index (χ1) is 10.0. The molecule has 1 aliphatic heterocycles. The second kappa shape index (κ2) is 6.53. The topological polar surface area (TPSA) is 84.7 Å². The number of hydrogen-bond acceptors (Lipinski definition) is 4. The van der Waals surface area contributed by atoms with Crippen molar-refractivity contribution in [2.45, 2.75) is 13.0 Å². The fourth-order valence-corrected chi connectivity index (χ4v) is 2.26. The van der Waals surface area contributed by atoms with Gasteiger partial charge in [-0.3, -0.25) is 9.59 Å². The van der Waals surface area contributed by atoms with Gasteiger partial charge < -0.3 is 20.7 Å². The number of nitrogens with two attached hydrogens (primary N) is 1. The van der Waals surface area contributed by atoms with Crippen molar-refractivity contribution in [2.24, 2.45) is 0 Å². The van der Waals surface area contributed by atoms with E-state index in [1.807, 2.05) is 0 Å². The number of morpholine rings is 1. The van der Waals surface area contributed by atoms with Gasteiger partial charge in [-0.15, -0.1) is 0 Å². The van der Waals surface area contributed by atoms with Crippen LogP contribution in [0.4, 0.5) is 10.1 Å². The van der Waals surface area contributed by atoms with Crippen molar-refractivity contribution < 1.29 is 18.7 Å². The highest BCUT2D eigenvalue weighted by Crippen LogP contribution is 2.16. The summed E-state index contributed by atoms with van der Waals surface area (Å²) in [6, 6.07) is 2.94. The third-order valence-electron chi connectivity index (χ3n) is 3.21. The maximum Gasteiger partial charge on any atom is 0.254 e. The second-order valence-corrected chi connectivity index (χ2v) is 4.76. The average molecular weight is 295 g/mol. The lowest BCUT2D eigenvalue weighted by Crippen LogP contribution is -2.55. The summed E-state index contributed by atoms with van der Waals surface area (Å²) >= 11 is 0. The Kier molecular flexibility index (Phi) is 4.74. The van der Waals surface area contributed by atoms with E-state index < -0.39 is 17.8 Å². The molecule has 1 aromatic rings. The minimum absolute atomic E-state index is 0.127. The number of ether oxygens (including phenoxy) is 1. The molecule has 2 rings (SSSR count). The quantitative estimate of drug-likeness (QED) is 0.790. The summed E-state index contributed by atoms with van der Waals surface area (Å²) < 4.78 is 18.6. The van der Waals surface area contributed by atoms with E-state index in [9.17, 15) is 14.0 Å². The molecule has 2 amide bonds. The van der Waals surface area contributed by atoms with Gasteiger partial charge in [0.25, 0.3) is 5.91 Å². The molecule has 1 saturated heterocycles. The lowest BCUT2D eigenvalue weighted by molar-refractivity contribution is -0.130. The molecule has 0 aliphatic carbocycles. The van der Waals surface area contributed by atoms with Crippen LogP contribution in [-0.4, -0.2) is 49.1 Å². The lowest BCUT2D eigenvalue weighted by Gasteiger charge is -2.34. The first-order valence-corrected chi connectivity index (χ1v) is 6.75. The zero-order valence-electron chi connectivity index (χ0n) is 11.8. The summed E-state index contributed by atoms with van der Waals surface area (Å²) in [4.78, 5) is 25.9. The molecule has 7 heteroatoms. The summed E-state index contributed by atoms with van der Waals surface area (Å²) in [5.74, 6) is -1.29. The highest BCUT2D eigenvalue weighted by atomic mass is 19.1. The Labute approximate surface area is 122 Å². The molecule has 6 nitrogen and oxygen atoms in total. The van der Waals surface area contributed by atoms with Gasteiger partial charge >= 0.3 is 0 Å². The number of nitrogens with one attached hydrogen (secondary N) is 1. The van der Waals surface area contributed by atoms with Gasteiger partial charge in [0.2, 0.25) is 5.91 Å². The minimum atomic E-state index is -0.712. The van der Waals surface area contributed by atoms with Crippen LogP contribution in [0, 0.1) is 5.82 Å². The number of benzene rings is 1. The Morgan fingerprint density at radius 2 is 2.24 bits per heavy atom. The maximum atomic E-state index is 13.4. The smallest absolute Gasteiger partial charge is 0.254 e. The van der Waals surface area contributed by atoms with E-state index in [0.29, 0.717) is 13.2 Å². The molecular weight excluding hydrogens is 277 g/mol. The van der Waals surface area contributed by atoms with E-state index in [4.69, 9.17) is 10.5 Å². The standard InChI is InChI=1S/C14H18FN3O3/c1-2-17-13(19)12-8-21-4-3-18(12)14(20)9-5-10(15)7-11(16)6-9/h5-7,12H,2-4,8,16H2,1H3,(H,17,19). The Morgan fingerprint density at radius 3 is 2.90 bits per heavy atom.